The van der Waals surface area contributed by atoms with Crippen molar-refractivity contribution in [3.63, 3.8) is 0 Å². The number of likely N-dealkylation sites (N-methyl/N-ethyl adjacent to an activating group) is 1. The Morgan fingerprint density at radius 3 is 2.76 bits per heavy atom. The Morgan fingerprint density at radius 2 is 2.00 bits per heavy atom. The van der Waals surface area contributed by atoms with Crippen LogP contribution in [0.1, 0.15) is 37.7 Å². The van der Waals surface area contributed by atoms with E-state index in [1.54, 1.807) is 11.0 Å². The molecule has 0 unspecified atom stereocenters. The lowest BCUT2D eigenvalue weighted by atomic mass is 10.1. The first-order chi connectivity index (χ1) is 20.2. The summed E-state index contributed by atoms with van der Waals surface area (Å²) in [5.41, 5.74) is -0.632. The van der Waals surface area contributed by atoms with Crippen molar-refractivity contribution in [2.24, 2.45) is 0 Å². The van der Waals surface area contributed by atoms with E-state index >= 15 is 0 Å². The number of alkyl halides is 3. The van der Waals surface area contributed by atoms with E-state index in [0.29, 0.717) is 57.7 Å². The largest absolute Gasteiger partial charge is 0.421 e. The molecule has 4 rings (SSSR count). The summed E-state index contributed by atoms with van der Waals surface area (Å²) in [6.45, 7) is 1.42. The zero-order chi connectivity index (χ0) is 31.4. The summed E-state index contributed by atoms with van der Waals surface area (Å²) in [5, 5.41) is 5.43. The van der Waals surface area contributed by atoms with Crippen LogP contribution in [0.4, 0.5) is 36.3 Å². The molecule has 0 aliphatic carbocycles. The van der Waals surface area contributed by atoms with Gasteiger partial charge in [0.15, 0.2) is 0 Å². The second-order valence-corrected chi connectivity index (χ2v) is 9.25. The average molecular weight is 541 g/mol. The van der Waals surface area contributed by atoms with Crippen molar-refractivity contribution in [2.45, 2.75) is 32.2 Å². The van der Waals surface area contributed by atoms with Gasteiger partial charge in [-0.25, -0.2) is 4.98 Å². The molecule has 38 heavy (non-hydrogen) atoms. The molecular weight excluding hydrogens is 499 g/mol. The van der Waals surface area contributed by atoms with E-state index in [4.69, 9.17) is 11.6 Å². The van der Waals surface area contributed by atoms with Crippen LogP contribution >= 0.6 is 0 Å². The topological polar surface area (TPSA) is 85.9 Å². The molecule has 208 valence electrons. The first kappa shape index (κ1) is 21.8. The van der Waals surface area contributed by atoms with Crippen LogP contribution in [-0.4, -0.2) is 91.7 Å². The molecule has 12 heteroatoms. The van der Waals surface area contributed by atoms with Crippen LogP contribution in [0.3, 0.4) is 0 Å². The summed E-state index contributed by atoms with van der Waals surface area (Å²) in [5.74, 6) is -0.844. The van der Waals surface area contributed by atoms with Crippen LogP contribution in [0.25, 0.3) is 0 Å². The minimum absolute atomic E-state index is 0.0200. The summed E-state index contributed by atoms with van der Waals surface area (Å²) < 4.78 is 87.0. The third-order valence-electron chi connectivity index (χ3n) is 6.56. The second kappa shape index (κ2) is 12.6. The van der Waals surface area contributed by atoms with Crippen LogP contribution in [0, 0.1) is 0 Å². The number of aryl methyl sites for hydroxylation is 1. The molecule has 2 aliphatic heterocycles. The summed E-state index contributed by atoms with van der Waals surface area (Å²) in [4.78, 5) is 25.7. The van der Waals surface area contributed by atoms with Gasteiger partial charge in [-0.3, -0.25) is 4.79 Å². The summed E-state index contributed by atoms with van der Waals surface area (Å²) in [7, 11) is 1.99. The molecule has 0 spiro atoms. The maximum Gasteiger partial charge on any atom is 0.421 e. The monoisotopic (exact) mass is 540 g/mol. The summed E-state index contributed by atoms with van der Waals surface area (Å²) in [6.07, 6.45) is -6.32. The number of hydrogen-bond donors (Lipinski definition) is 2. The Labute approximate surface area is 228 Å². The maximum absolute atomic E-state index is 13.8. The zero-order valence-corrected chi connectivity index (χ0v) is 21.3. The molecule has 0 atom stereocenters. The maximum atomic E-state index is 13.8. The normalized spacial score (nSPS) is 20.1. The van der Waals surface area contributed by atoms with Crippen molar-refractivity contribution >= 4 is 29.0 Å². The minimum atomic E-state index is -4.76. The highest BCUT2D eigenvalue weighted by atomic mass is 19.4. The molecule has 2 aromatic rings. The van der Waals surface area contributed by atoms with Crippen molar-refractivity contribution in [3.8, 4) is 0 Å². The fraction of sp³-hybridized carbons (Fsp3) is 0.577. The number of halogens is 3. The molecule has 0 bridgehead atoms. The molecule has 0 saturated carbocycles. The van der Waals surface area contributed by atoms with E-state index in [1.165, 1.54) is 12.1 Å². The fourth-order valence-corrected chi connectivity index (χ4v) is 4.34. The van der Waals surface area contributed by atoms with Gasteiger partial charge in [0.05, 0.1) is 19.6 Å². The molecule has 9 nitrogen and oxygen atoms in total. The Balaban J connectivity index is 1.57. The quantitative estimate of drug-likeness (QED) is 0.467. The number of aromatic nitrogens is 2. The molecule has 2 N–H and O–H groups in total. The van der Waals surface area contributed by atoms with Crippen molar-refractivity contribution in [3.05, 3.63) is 35.5 Å². The van der Waals surface area contributed by atoms with Gasteiger partial charge in [-0.15, -0.1) is 0 Å². The van der Waals surface area contributed by atoms with Crippen LogP contribution in [-0.2, 0) is 22.1 Å². The van der Waals surface area contributed by atoms with E-state index in [-0.39, 0.29) is 36.1 Å². The molecule has 3 heterocycles. The van der Waals surface area contributed by atoms with Gasteiger partial charge < -0.3 is 30.1 Å². The van der Waals surface area contributed by atoms with Crippen molar-refractivity contribution in [2.75, 3.05) is 81.6 Å². The fourth-order valence-electron chi connectivity index (χ4n) is 4.34. The molecule has 1 aromatic heterocycles. The average Bonchev–Trinajstić information content (AvgIpc) is 3.14. The van der Waals surface area contributed by atoms with Gasteiger partial charge in [0, 0.05) is 70.2 Å². The standard InChI is InChI=1S/C26H36F3N7O2/c1-3-19-17-20(35-12-10-34(2)11-13-35)5-6-22(19)32-25-31-18-21(26(27,28)29)24(33-25)30-8-4-9-36-14-16-38-15-7-23(36)37/h5-6,17-18H,3-4,7-16H2,1-2H3,(H2,30,31,32,33)/i1D3,3D2. The number of nitrogens with zero attached hydrogens (tertiary/aromatic N) is 5. The van der Waals surface area contributed by atoms with E-state index in [9.17, 15) is 18.0 Å². The minimum Gasteiger partial charge on any atom is -0.379 e. The van der Waals surface area contributed by atoms with Gasteiger partial charge in [0.25, 0.3) is 0 Å². The molecule has 2 fully saturated rings. The smallest absolute Gasteiger partial charge is 0.379 e. The molecule has 2 aliphatic rings. The number of piperazine rings is 1. The van der Waals surface area contributed by atoms with Gasteiger partial charge in [-0.1, -0.05) is 6.85 Å². The SMILES string of the molecule is [2H]C([2H])([2H])C([2H])([2H])c1cc(N2CCN(C)CC2)ccc1Nc1ncc(C(F)(F)F)c(NCCCN2CCOCCC2=O)n1. The lowest BCUT2D eigenvalue weighted by Gasteiger charge is -2.34. The first-order valence-corrected chi connectivity index (χ1v) is 12.6. The number of ether oxygens (including phenoxy) is 1. The van der Waals surface area contributed by atoms with E-state index in [2.05, 4.69) is 25.5 Å². The Hall–Kier alpha value is -3.12. The van der Waals surface area contributed by atoms with Crippen molar-refractivity contribution in [1.82, 2.24) is 19.8 Å². The lowest BCUT2D eigenvalue weighted by molar-refractivity contribution is -0.137. The predicted octanol–water partition coefficient (Wildman–Crippen LogP) is 3.60. The second-order valence-electron chi connectivity index (χ2n) is 9.25. The van der Waals surface area contributed by atoms with Gasteiger partial charge >= 0.3 is 6.18 Å². The molecule has 1 amide bonds. The Bertz CT molecular complexity index is 1270. The van der Waals surface area contributed by atoms with Gasteiger partial charge in [-0.2, -0.15) is 18.2 Å². The van der Waals surface area contributed by atoms with Crippen LogP contribution in [0.2, 0.25) is 0 Å². The summed E-state index contributed by atoms with van der Waals surface area (Å²) >= 11 is 0. The number of anilines is 4. The number of benzene rings is 1. The van der Waals surface area contributed by atoms with Crippen LogP contribution in [0.15, 0.2) is 24.4 Å². The number of carbonyl (C=O) groups excluding carboxylic acids is 1. The Morgan fingerprint density at radius 1 is 1.18 bits per heavy atom. The first-order valence-electron chi connectivity index (χ1n) is 15.1. The van der Waals surface area contributed by atoms with Gasteiger partial charge in [-0.05, 0) is 43.6 Å². The van der Waals surface area contributed by atoms with Crippen LogP contribution in [0.5, 0.6) is 0 Å². The number of rotatable bonds is 9. The molecule has 1 aromatic carbocycles. The van der Waals surface area contributed by atoms with Gasteiger partial charge in [0.2, 0.25) is 11.9 Å². The molecule has 2 saturated heterocycles. The zero-order valence-electron chi connectivity index (χ0n) is 26.3. The van der Waals surface area contributed by atoms with E-state index < -0.39 is 30.8 Å². The van der Waals surface area contributed by atoms with E-state index in [1.807, 2.05) is 11.9 Å². The highest BCUT2D eigenvalue weighted by Gasteiger charge is 2.35. The number of nitrogens with one attached hydrogen (secondary N) is 2. The third-order valence-corrected chi connectivity index (χ3v) is 6.56. The van der Waals surface area contributed by atoms with E-state index in [0.717, 1.165) is 13.1 Å². The lowest BCUT2D eigenvalue weighted by Crippen LogP contribution is -2.44. The highest BCUT2D eigenvalue weighted by molar-refractivity contribution is 5.76. The molecule has 0 radical (unpaired) electrons. The number of carbonyl (C=O) groups is 1. The third kappa shape index (κ3) is 7.25. The molecular formula is C26H36F3N7O2. The van der Waals surface area contributed by atoms with Crippen LogP contribution < -0.4 is 15.5 Å². The number of hydrogen-bond acceptors (Lipinski definition) is 8. The van der Waals surface area contributed by atoms with Gasteiger partial charge in [0.1, 0.15) is 11.4 Å². The number of amides is 1. The summed E-state index contributed by atoms with van der Waals surface area (Å²) in [6, 6.07) is 4.65. The van der Waals surface area contributed by atoms with Crippen molar-refractivity contribution in [1.29, 1.82) is 0 Å². The van der Waals surface area contributed by atoms with Crippen molar-refractivity contribution < 1.29 is 29.6 Å². The predicted molar refractivity (Wildman–Crippen MR) is 141 cm³/mol. The highest BCUT2D eigenvalue weighted by Crippen LogP contribution is 2.34. The Kier molecular flexibility index (Phi) is 7.23.